The van der Waals surface area contributed by atoms with Gasteiger partial charge in [-0.25, -0.2) is 0 Å². The molecule has 0 saturated heterocycles. The maximum absolute atomic E-state index is 12.2. The zero-order valence-corrected chi connectivity index (χ0v) is 16.8. The third kappa shape index (κ3) is 2.29. The first kappa shape index (κ1) is 18.2. The number of rotatable bonds is 3. The molecule has 4 aliphatic carbocycles. The Hall–Kier alpha value is -1.19. The quantitative estimate of drug-likeness (QED) is 0.739. The Balaban J connectivity index is 1.74. The molecule has 0 aliphatic heterocycles. The van der Waals surface area contributed by atoms with Crippen molar-refractivity contribution < 1.29 is 14.3 Å². The number of Topliss-reactive ketones (excluding diaryl/α,β-unsaturated/α-hetero) is 1. The van der Waals surface area contributed by atoms with E-state index in [1.165, 1.54) is 5.57 Å². The molecular formula is C23H32O3. The lowest BCUT2D eigenvalue weighted by molar-refractivity contribution is -0.115. The first-order chi connectivity index (χ1) is 12.4. The number of fused-ring (bicyclic) bond motifs is 5. The standard InChI is InChI=1S/C23H32O3/c1-14(24)18-8-9-19-17-7-6-15-12-16(25-4)13-21(26-5)23(15,3)20(17)10-11-22(18,19)2/h6-8,16,19-21H,9-13H2,1-5H3. The molecule has 0 radical (unpaired) electrons. The van der Waals surface area contributed by atoms with Gasteiger partial charge in [-0.1, -0.05) is 43.2 Å². The van der Waals surface area contributed by atoms with Crippen LogP contribution in [0.25, 0.3) is 0 Å². The van der Waals surface area contributed by atoms with Crippen molar-refractivity contribution in [3.63, 3.8) is 0 Å². The van der Waals surface area contributed by atoms with Crippen molar-refractivity contribution in [1.82, 2.24) is 0 Å². The van der Waals surface area contributed by atoms with Crippen molar-refractivity contribution in [2.24, 2.45) is 22.7 Å². The van der Waals surface area contributed by atoms with Gasteiger partial charge in [0.05, 0.1) is 12.2 Å². The maximum atomic E-state index is 12.2. The van der Waals surface area contributed by atoms with Crippen molar-refractivity contribution in [1.29, 1.82) is 0 Å². The molecule has 0 aromatic rings. The first-order valence-electron chi connectivity index (χ1n) is 10.0. The minimum Gasteiger partial charge on any atom is -0.381 e. The minimum atomic E-state index is 0.0160. The van der Waals surface area contributed by atoms with E-state index in [2.05, 4.69) is 32.1 Å². The lowest BCUT2D eigenvalue weighted by atomic mass is 9.49. The van der Waals surface area contributed by atoms with Crippen LogP contribution in [-0.4, -0.2) is 32.2 Å². The number of methoxy groups -OCH3 is 2. The molecule has 3 heteroatoms. The van der Waals surface area contributed by atoms with Crippen LogP contribution < -0.4 is 0 Å². The number of carbonyl (C=O) groups is 1. The Morgan fingerprint density at radius 1 is 1.15 bits per heavy atom. The van der Waals surface area contributed by atoms with Crippen molar-refractivity contribution in [3.05, 3.63) is 34.9 Å². The van der Waals surface area contributed by atoms with Gasteiger partial charge in [0.25, 0.3) is 0 Å². The minimum absolute atomic E-state index is 0.0160. The van der Waals surface area contributed by atoms with E-state index in [1.54, 1.807) is 12.5 Å². The van der Waals surface area contributed by atoms with E-state index in [-0.39, 0.29) is 28.8 Å². The molecule has 0 aromatic carbocycles. The molecule has 0 spiro atoms. The number of ether oxygens (including phenoxy) is 2. The van der Waals surface area contributed by atoms with Gasteiger partial charge >= 0.3 is 0 Å². The van der Waals surface area contributed by atoms with Crippen molar-refractivity contribution in [2.75, 3.05) is 14.2 Å². The van der Waals surface area contributed by atoms with Gasteiger partial charge in [-0.2, -0.15) is 0 Å². The molecule has 0 heterocycles. The topological polar surface area (TPSA) is 35.5 Å². The molecule has 0 aromatic heterocycles. The number of hydrogen-bond acceptors (Lipinski definition) is 3. The van der Waals surface area contributed by atoms with Gasteiger partial charge in [0, 0.05) is 31.5 Å². The molecule has 6 unspecified atom stereocenters. The lowest BCUT2D eigenvalue weighted by Gasteiger charge is -2.56. The average Bonchev–Trinajstić information content (AvgIpc) is 2.98. The van der Waals surface area contributed by atoms with E-state index < -0.39 is 0 Å². The Kier molecular flexibility index (Phi) is 4.32. The molecule has 4 rings (SSSR count). The van der Waals surface area contributed by atoms with Crippen LogP contribution in [-0.2, 0) is 14.3 Å². The second-order valence-electron chi connectivity index (χ2n) is 9.13. The zero-order valence-electron chi connectivity index (χ0n) is 16.8. The van der Waals surface area contributed by atoms with Crippen LogP contribution in [0.2, 0.25) is 0 Å². The highest BCUT2D eigenvalue weighted by Gasteiger charge is 2.57. The second kappa shape index (κ2) is 6.17. The lowest BCUT2D eigenvalue weighted by Crippen LogP contribution is -2.53. The van der Waals surface area contributed by atoms with Crippen LogP contribution in [0.1, 0.15) is 52.9 Å². The maximum Gasteiger partial charge on any atom is 0.156 e. The summed E-state index contributed by atoms with van der Waals surface area (Å²) in [6, 6.07) is 0. The van der Waals surface area contributed by atoms with Gasteiger partial charge in [-0.15, -0.1) is 0 Å². The van der Waals surface area contributed by atoms with Crippen LogP contribution in [0.3, 0.4) is 0 Å². The van der Waals surface area contributed by atoms with Crippen LogP contribution >= 0.6 is 0 Å². The monoisotopic (exact) mass is 356 g/mol. The number of hydrogen-bond donors (Lipinski definition) is 0. The van der Waals surface area contributed by atoms with E-state index in [0.29, 0.717) is 11.8 Å². The van der Waals surface area contributed by atoms with Gasteiger partial charge in [-0.3, -0.25) is 4.79 Å². The molecule has 0 bridgehead atoms. The van der Waals surface area contributed by atoms with Gasteiger partial charge in [0.1, 0.15) is 0 Å². The predicted molar refractivity (Wildman–Crippen MR) is 103 cm³/mol. The van der Waals surface area contributed by atoms with Gasteiger partial charge in [0.15, 0.2) is 5.78 Å². The molecule has 6 atom stereocenters. The van der Waals surface area contributed by atoms with Crippen LogP contribution in [0.4, 0.5) is 0 Å². The molecular weight excluding hydrogens is 324 g/mol. The molecule has 2 fully saturated rings. The number of carbonyl (C=O) groups excluding carboxylic acids is 1. The van der Waals surface area contributed by atoms with E-state index in [0.717, 1.165) is 37.7 Å². The Morgan fingerprint density at radius 2 is 1.92 bits per heavy atom. The summed E-state index contributed by atoms with van der Waals surface area (Å²) in [6.45, 7) is 6.45. The SMILES string of the molecule is COC1CC2=CC=C3C4CC=C(C(C)=O)C4(C)CCC3C2(C)C(OC)C1. The molecule has 0 amide bonds. The highest BCUT2D eigenvalue weighted by molar-refractivity contribution is 5.95. The van der Waals surface area contributed by atoms with Gasteiger partial charge in [-0.05, 0) is 50.0 Å². The van der Waals surface area contributed by atoms with E-state index in [9.17, 15) is 4.79 Å². The first-order valence-corrected chi connectivity index (χ1v) is 10.0. The highest BCUT2D eigenvalue weighted by atomic mass is 16.5. The molecule has 2 saturated carbocycles. The van der Waals surface area contributed by atoms with Crippen LogP contribution in [0, 0.1) is 22.7 Å². The van der Waals surface area contributed by atoms with Crippen LogP contribution in [0.5, 0.6) is 0 Å². The molecule has 0 N–H and O–H groups in total. The van der Waals surface area contributed by atoms with Crippen molar-refractivity contribution >= 4 is 5.78 Å². The summed E-state index contributed by atoms with van der Waals surface area (Å²) in [4.78, 5) is 12.2. The Labute approximate surface area is 157 Å². The normalized spacial score (nSPS) is 44.3. The van der Waals surface area contributed by atoms with Crippen LogP contribution in [0.15, 0.2) is 34.9 Å². The second-order valence-corrected chi connectivity index (χ2v) is 9.13. The fraction of sp³-hybridized carbons (Fsp3) is 0.696. The zero-order chi connectivity index (χ0) is 18.7. The third-order valence-electron chi connectivity index (χ3n) is 8.18. The summed E-state index contributed by atoms with van der Waals surface area (Å²) >= 11 is 0. The highest BCUT2D eigenvalue weighted by Crippen LogP contribution is 2.63. The smallest absolute Gasteiger partial charge is 0.156 e. The fourth-order valence-corrected chi connectivity index (χ4v) is 6.66. The van der Waals surface area contributed by atoms with E-state index in [4.69, 9.17) is 9.47 Å². The summed E-state index contributed by atoms with van der Waals surface area (Å²) in [6.07, 6.45) is 12.6. The van der Waals surface area contributed by atoms with Crippen molar-refractivity contribution in [2.45, 2.75) is 65.1 Å². The fourth-order valence-electron chi connectivity index (χ4n) is 6.66. The summed E-state index contributed by atoms with van der Waals surface area (Å²) in [5, 5.41) is 0. The average molecular weight is 357 g/mol. The Morgan fingerprint density at radius 3 is 2.58 bits per heavy atom. The van der Waals surface area contributed by atoms with Crippen molar-refractivity contribution in [3.8, 4) is 0 Å². The van der Waals surface area contributed by atoms with E-state index in [1.807, 2.05) is 14.2 Å². The third-order valence-corrected chi connectivity index (χ3v) is 8.18. The molecule has 142 valence electrons. The largest absolute Gasteiger partial charge is 0.381 e. The molecule has 26 heavy (non-hydrogen) atoms. The number of ketones is 1. The summed E-state index contributed by atoms with van der Waals surface area (Å²) < 4.78 is 11.7. The van der Waals surface area contributed by atoms with Gasteiger partial charge in [0.2, 0.25) is 0 Å². The summed E-state index contributed by atoms with van der Waals surface area (Å²) in [5.74, 6) is 1.23. The summed E-state index contributed by atoms with van der Waals surface area (Å²) in [7, 11) is 3.66. The van der Waals surface area contributed by atoms with E-state index >= 15 is 0 Å². The number of allylic oxidation sites excluding steroid dienone is 5. The van der Waals surface area contributed by atoms with Gasteiger partial charge < -0.3 is 9.47 Å². The summed E-state index contributed by atoms with van der Waals surface area (Å²) in [5.41, 5.74) is 4.16. The molecule has 4 aliphatic rings. The molecule has 3 nitrogen and oxygen atoms in total. The Bertz CT molecular complexity index is 715. The predicted octanol–water partition coefficient (Wildman–Crippen LogP) is 4.63.